The first-order valence-electron chi connectivity index (χ1n) is 13.8. The van der Waals surface area contributed by atoms with Crippen LogP contribution in [0.2, 0.25) is 5.02 Å². The third-order valence-corrected chi connectivity index (χ3v) is 8.31. The van der Waals surface area contributed by atoms with E-state index in [0.29, 0.717) is 49.8 Å². The van der Waals surface area contributed by atoms with Gasteiger partial charge in [0.25, 0.3) is 0 Å². The highest BCUT2D eigenvalue weighted by atomic mass is 35.5. The van der Waals surface area contributed by atoms with E-state index in [1.807, 2.05) is 68.4 Å². The maximum atomic E-state index is 10.2. The highest BCUT2D eigenvalue weighted by molar-refractivity contribution is 7.20. The summed E-state index contributed by atoms with van der Waals surface area (Å²) in [6.07, 6.45) is 0. The Labute approximate surface area is 268 Å². The van der Waals surface area contributed by atoms with E-state index in [1.165, 1.54) is 16.0 Å². The van der Waals surface area contributed by atoms with Gasteiger partial charge in [-0.2, -0.15) is 20.3 Å². The van der Waals surface area contributed by atoms with Crippen LogP contribution in [0.3, 0.4) is 0 Å². The molecule has 3 aromatic carbocycles. The average Bonchev–Trinajstić information content (AvgIpc) is 3.58. The van der Waals surface area contributed by atoms with Crippen molar-refractivity contribution in [3.05, 3.63) is 105 Å². The van der Waals surface area contributed by atoms with Crippen LogP contribution in [0.4, 0.5) is 34.5 Å². The van der Waals surface area contributed by atoms with Gasteiger partial charge in [-0.05, 0) is 70.2 Å². The first kappa shape index (κ1) is 29.5. The molecule has 6 aromatic rings. The molecule has 6 rings (SSSR count). The van der Waals surface area contributed by atoms with Crippen LogP contribution in [0, 0.1) is 50.4 Å². The normalized spacial score (nSPS) is 11.1. The summed E-state index contributed by atoms with van der Waals surface area (Å²) < 4.78 is 2.41. The molecule has 0 spiro atoms. The van der Waals surface area contributed by atoms with Gasteiger partial charge in [0.2, 0.25) is 5.13 Å². The SMILES string of the molecule is Cc1ccc(Nc2nc(Nc3ccc(C)cc3)c(N=Nc3c(C#N)c(C)nn3-c3nc4cc(Cl)ccc4s3)c(C)c2C#N)cc1. The number of rotatable bonds is 7. The molecule has 0 saturated carbocycles. The second-order valence-corrected chi connectivity index (χ2v) is 11.8. The zero-order valence-electron chi connectivity index (χ0n) is 24.7. The number of azo groups is 1. The highest BCUT2D eigenvalue weighted by Gasteiger charge is 2.22. The number of anilines is 4. The smallest absolute Gasteiger partial charge is 0.213 e. The number of pyridine rings is 1. The summed E-state index contributed by atoms with van der Waals surface area (Å²) in [5.41, 5.74) is 6.43. The number of aryl methyl sites for hydroxylation is 3. The van der Waals surface area contributed by atoms with Crippen molar-refractivity contribution in [1.29, 1.82) is 10.5 Å². The van der Waals surface area contributed by atoms with Gasteiger partial charge in [-0.3, -0.25) is 0 Å². The summed E-state index contributed by atoms with van der Waals surface area (Å²) in [6, 6.07) is 25.6. The number of thiazole rings is 1. The first-order chi connectivity index (χ1) is 21.7. The summed E-state index contributed by atoms with van der Waals surface area (Å²) in [6.45, 7) is 7.54. The van der Waals surface area contributed by atoms with Crippen molar-refractivity contribution in [2.24, 2.45) is 10.2 Å². The van der Waals surface area contributed by atoms with Crippen LogP contribution in [0.5, 0.6) is 0 Å². The van der Waals surface area contributed by atoms with E-state index in [0.717, 1.165) is 27.2 Å². The van der Waals surface area contributed by atoms with Crippen LogP contribution in [0.15, 0.2) is 77.0 Å². The minimum absolute atomic E-state index is 0.209. The molecule has 0 bridgehead atoms. The number of benzene rings is 3. The predicted molar refractivity (Wildman–Crippen MR) is 178 cm³/mol. The lowest BCUT2D eigenvalue weighted by Gasteiger charge is -2.16. The maximum Gasteiger partial charge on any atom is 0.213 e. The number of nitriles is 2. The minimum Gasteiger partial charge on any atom is -0.339 e. The Kier molecular flexibility index (Phi) is 7.97. The summed E-state index contributed by atoms with van der Waals surface area (Å²) in [5, 5.41) is 41.6. The second kappa shape index (κ2) is 12.2. The molecule has 2 N–H and O–H groups in total. The summed E-state index contributed by atoms with van der Waals surface area (Å²) in [4.78, 5) is 9.49. The van der Waals surface area contributed by atoms with Crippen molar-refractivity contribution in [1.82, 2.24) is 19.7 Å². The number of aromatic nitrogens is 4. The van der Waals surface area contributed by atoms with E-state index in [2.05, 4.69) is 43.1 Å². The number of hydrogen-bond donors (Lipinski definition) is 2. The molecule has 0 atom stereocenters. The van der Waals surface area contributed by atoms with Gasteiger partial charge in [-0.1, -0.05) is 58.3 Å². The molecular formula is C33H25ClN10S. The lowest BCUT2D eigenvalue weighted by molar-refractivity contribution is 0.848. The minimum atomic E-state index is 0.209. The Morgan fingerprint density at radius 3 is 2.02 bits per heavy atom. The van der Waals surface area contributed by atoms with E-state index < -0.39 is 0 Å². The zero-order chi connectivity index (χ0) is 31.7. The lowest BCUT2D eigenvalue weighted by Crippen LogP contribution is -2.04. The summed E-state index contributed by atoms with van der Waals surface area (Å²) in [7, 11) is 0. The molecule has 0 aliphatic heterocycles. The van der Waals surface area contributed by atoms with Crippen LogP contribution in [0.1, 0.15) is 33.5 Å². The van der Waals surface area contributed by atoms with Gasteiger partial charge in [0.1, 0.15) is 23.4 Å². The van der Waals surface area contributed by atoms with Gasteiger partial charge >= 0.3 is 0 Å². The molecule has 220 valence electrons. The van der Waals surface area contributed by atoms with E-state index in [4.69, 9.17) is 16.6 Å². The molecule has 0 amide bonds. The molecule has 0 radical (unpaired) electrons. The average molecular weight is 629 g/mol. The Bertz CT molecular complexity index is 2180. The number of nitrogens with zero attached hydrogens (tertiary/aromatic N) is 8. The number of fused-ring (bicyclic) bond motifs is 1. The third-order valence-electron chi connectivity index (χ3n) is 7.07. The van der Waals surface area contributed by atoms with Crippen molar-refractivity contribution >= 4 is 67.7 Å². The molecule has 12 heteroatoms. The van der Waals surface area contributed by atoms with Crippen LogP contribution in [-0.4, -0.2) is 19.7 Å². The van der Waals surface area contributed by atoms with E-state index >= 15 is 0 Å². The van der Waals surface area contributed by atoms with Gasteiger partial charge in [-0.15, -0.1) is 10.2 Å². The van der Waals surface area contributed by atoms with Crippen molar-refractivity contribution in [3.63, 3.8) is 0 Å². The largest absolute Gasteiger partial charge is 0.339 e. The second-order valence-electron chi connectivity index (χ2n) is 10.4. The van der Waals surface area contributed by atoms with E-state index in [9.17, 15) is 10.5 Å². The van der Waals surface area contributed by atoms with Crippen molar-refractivity contribution in [2.75, 3.05) is 10.6 Å². The zero-order valence-corrected chi connectivity index (χ0v) is 26.3. The number of halogens is 1. The summed E-state index contributed by atoms with van der Waals surface area (Å²) in [5.74, 6) is 0.963. The molecule has 45 heavy (non-hydrogen) atoms. The maximum absolute atomic E-state index is 10.2. The molecule has 0 aliphatic rings. The fraction of sp³-hybridized carbons (Fsp3) is 0.121. The first-order valence-corrected chi connectivity index (χ1v) is 15.0. The van der Waals surface area contributed by atoms with Crippen LogP contribution in [0.25, 0.3) is 15.3 Å². The van der Waals surface area contributed by atoms with Gasteiger partial charge in [-0.25, -0.2) is 9.97 Å². The number of hydrogen-bond acceptors (Lipinski definition) is 10. The fourth-order valence-corrected chi connectivity index (χ4v) is 5.69. The monoisotopic (exact) mass is 628 g/mol. The molecular weight excluding hydrogens is 604 g/mol. The van der Waals surface area contributed by atoms with Crippen LogP contribution in [-0.2, 0) is 0 Å². The Morgan fingerprint density at radius 2 is 1.40 bits per heavy atom. The Morgan fingerprint density at radius 1 is 0.778 bits per heavy atom. The van der Waals surface area contributed by atoms with Gasteiger partial charge in [0.15, 0.2) is 17.5 Å². The topological polar surface area (TPSA) is 140 Å². The molecule has 10 nitrogen and oxygen atoms in total. The highest BCUT2D eigenvalue weighted by Crippen LogP contribution is 2.39. The van der Waals surface area contributed by atoms with Crippen LogP contribution >= 0.6 is 22.9 Å². The fourth-order valence-electron chi connectivity index (χ4n) is 4.63. The Hall–Kier alpha value is -5.62. The molecule has 3 heterocycles. The predicted octanol–water partition coefficient (Wildman–Crippen LogP) is 9.41. The quantitative estimate of drug-likeness (QED) is 0.168. The molecule has 0 saturated heterocycles. The lowest BCUT2D eigenvalue weighted by atomic mass is 10.1. The van der Waals surface area contributed by atoms with Crippen molar-refractivity contribution < 1.29 is 0 Å². The summed E-state index contributed by atoms with van der Waals surface area (Å²) >= 11 is 7.57. The standard InChI is InChI=1S/C33H25ClN10S/c1-18-5-10-23(11-6-18)37-30-25(16-35)20(3)29(31(40-30)38-24-12-7-19(2)8-13-24)41-42-32-26(17-36)21(4)43-44(32)33-39-27-15-22(34)9-14-28(27)45-33/h5-15H,1-4H3,(H2,37,38,40). The molecule has 0 unspecified atom stereocenters. The van der Waals surface area contributed by atoms with Crippen molar-refractivity contribution in [3.8, 4) is 17.3 Å². The molecule has 3 aromatic heterocycles. The van der Waals surface area contributed by atoms with E-state index in [1.54, 1.807) is 26.0 Å². The third kappa shape index (κ3) is 5.95. The number of nitrogens with one attached hydrogen (secondary N) is 2. The molecule has 0 fully saturated rings. The van der Waals surface area contributed by atoms with E-state index in [-0.39, 0.29) is 11.4 Å². The molecule has 0 aliphatic carbocycles. The van der Waals surface area contributed by atoms with Gasteiger partial charge in [0, 0.05) is 22.0 Å². The Balaban J connectivity index is 1.49. The van der Waals surface area contributed by atoms with Gasteiger partial charge < -0.3 is 10.6 Å². The van der Waals surface area contributed by atoms with Gasteiger partial charge in [0.05, 0.1) is 21.5 Å². The van der Waals surface area contributed by atoms with Crippen molar-refractivity contribution in [2.45, 2.75) is 27.7 Å². The van der Waals surface area contributed by atoms with Crippen LogP contribution < -0.4 is 10.6 Å².